The topological polar surface area (TPSA) is 24.5 Å². The van der Waals surface area contributed by atoms with Gasteiger partial charge in [-0.05, 0) is 36.5 Å². The molecule has 1 aromatic carbocycles. The Morgan fingerprint density at radius 2 is 2.10 bits per heavy atom. The zero-order valence-electron chi connectivity index (χ0n) is 12.9. The number of nitrogens with zero attached hydrogens (tertiary/aromatic N) is 1. The molecule has 0 aliphatic carbocycles. The van der Waals surface area contributed by atoms with Crippen molar-refractivity contribution in [1.29, 1.82) is 0 Å². The maximum absolute atomic E-state index is 5.03. The predicted octanol–water partition coefficient (Wildman–Crippen LogP) is 3.05. The van der Waals surface area contributed by atoms with E-state index in [2.05, 4.69) is 41.4 Å². The van der Waals surface area contributed by atoms with Crippen molar-refractivity contribution in [3.05, 3.63) is 29.8 Å². The van der Waals surface area contributed by atoms with Crippen molar-refractivity contribution in [3.8, 4) is 0 Å². The Labute approximate surface area is 123 Å². The Kier molecular flexibility index (Phi) is 6.34. The molecule has 1 atom stereocenters. The second kappa shape index (κ2) is 8.28. The van der Waals surface area contributed by atoms with Crippen LogP contribution in [0.15, 0.2) is 24.3 Å². The van der Waals surface area contributed by atoms with Crippen LogP contribution in [0.5, 0.6) is 0 Å². The molecule has 1 heterocycles. The Balaban J connectivity index is 1.84. The highest BCUT2D eigenvalue weighted by molar-refractivity contribution is 5.48. The average molecular weight is 276 g/mol. The van der Waals surface area contributed by atoms with E-state index in [1.54, 1.807) is 7.11 Å². The van der Waals surface area contributed by atoms with Gasteiger partial charge in [0, 0.05) is 39.0 Å². The highest BCUT2D eigenvalue weighted by atomic mass is 16.5. The van der Waals surface area contributed by atoms with Gasteiger partial charge < -0.3 is 15.0 Å². The van der Waals surface area contributed by atoms with Crippen LogP contribution in [0.4, 0.5) is 5.69 Å². The molecule has 3 heteroatoms. The van der Waals surface area contributed by atoms with Gasteiger partial charge in [0.2, 0.25) is 0 Å². The quantitative estimate of drug-likeness (QED) is 0.775. The second-order valence-corrected chi connectivity index (χ2v) is 5.70. The molecule has 1 aliphatic heterocycles. The van der Waals surface area contributed by atoms with Crippen LogP contribution in [0.2, 0.25) is 0 Å². The smallest absolute Gasteiger partial charge is 0.0587 e. The molecule has 1 saturated heterocycles. The molecule has 1 aromatic rings. The first-order valence-electron chi connectivity index (χ1n) is 7.87. The van der Waals surface area contributed by atoms with Gasteiger partial charge in [-0.15, -0.1) is 0 Å². The summed E-state index contributed by atoms with van der Waals surface area (Å²) in [6, 6.07) is 9.02. The third kappa shape index (κ3) is 4.50. The van der Waals surface area contributed by atoms with E-state index in [0.717, 1.165) is 25.6 Å². The summed E-state index contributed by atoms with van der Waals surface area (Å²) in [5.74, 6) is 0.874. The van der Waals surface area contributed by atoms with E-state index in [9.17, 15) is 0 Å². The number of anilines is 1. The number of benzene rings is 1. The normalized spacial score (nSPS) is 19.3. The molecule has 0 saturated carbocycles. The van der Waals surface area contributed by atoms with E-state index in [-0.39, 0.29) is 0 Å². The average Bonchev–Trinajstić information content (AvgIpc) is 2.52. The van der Waals surface area contributed by atoms with Crippen LogP contribution >= 0.6 is 0 Å². The highest BCUT2D eigenvalue weighted by Gasteiger charge is 2.18. The minimum atomic E-state index is 0.768. The largest absolute Gasteiger partial charge is 0.383 e. The van der Waals surface area contributed by atoms with Crippen LogP contribution in [-0.4, -0.2) is 33.4 Å². The van der Waals surface area contributed by atoms with Crippen LogP contribution in [0.1, 0.15) is 31.7 Å². The number of hydrogen-bond acceptors (Lipinski definition) is 3. The molecule has 1 fully saturated rings. The molecule has 112 valence electrons. The summed E-state index contributed by atoms with van der Waals surface area (Å²) in [7, 11) is 1.73. The standard InChI is InChI=1S/C17H28N2O/c1-3-15-5-4-11-19(14-15)17-8-6-16(7-9-17)13-18-10-12-20-2/h6-9,15,18H,3-5,10-14H2,1-2H3. The van der Waals surface area contributed by atoms with Crippen molar-refractivity contribution in [2.24, 2.45) is 5.92 Å². The van der Waals surface area contributed by atoms with Gasteiger partial charge >= 0.3 is 0 Å². The minimum Gasteiger partial charge on any atom is -0.383 e. The highest BCUT2D eigenvalue weighted by Crippen LogP contribution is 2.25. The summed E-state index contributed by atoms with van der Waals surface area (Å²) in [4.78, 5) is 2.54. The summed E-state index contributed by atoms with van der Waals surface area (Å²) < 4.78 is 5.03. The zero-order valence-corrected chi connectivity index (χ0v) is 12.9. The van der Waals surface area contributed by atoms with E-state index in [4.69, 9.17) is 4.74 Å². The molecule has 0 aromatic heterocycles. The van der Waals surface area contributed by atoms with Gasteiger partial charge in [0.15, 0.2) is 0 Å². The van der Waals surface area contributed by atoms with Crippen LogP contribution in [0.3, 0.4) is 0 Å². The molecule has 3 nitrogen and oxygen atoms in total. The van der Waals surface area contributed by atoms with Gasteiger partial charge in [0.05, 0.1) is 6.61 Å². The van der Waals surface area contributed by atoms with E-state index in [0.29, 0.717) is 0 Å². The fourth-order valence-electron chi connectivity index (χ4n) is 2.86. The lowest BCUT2D eigenvalue weighted by atomic mass is 9.95. The first-order valence-corrected chi connectivity index (χ1v) is 7.87. The summed E-state index contributed by atoms with van der Waals surface area (Å²) in [5.41, 5.74) is 2.72. The Morgan fingerprint density at radius 3 is 2.80 bits per heavy atom. The van der Waals surface area contributed by atoms with Gasteiger partial charge in [-0.25, -0.2) is 0 Å². The molecule has 0 bridgehead atoms. The van der Waals surface area contributed by atoms with E-state index in [1.165, 1.54) is 43.6 Å². The Morgan fingerprint density at radius 1 is 1.30 bits per heavy atom. The summed E-state index contributed by atoms with van der Waals surface area (Å²) >= 11 is 0. The fraction of sp³-hybridized carbons (Fsp3) is 0.647. The lowest BCUT2D eigenvalue weighted by molar-refractivity contribution is 0.199. The molecule has 20 heavy (non-hydrogen) atoms. The minimum absolute atomic E-state index is 0.768. The first kappa shape index (κ1) is 15.3. The van der Waals surface area contributed by atoms with Crippen molar-refractivity contribution < 1.29 is 4.74 Å². The third-order valence-corrected chi connectivity index (χ3v) is 4.21. The van der Waals surface area contributed by atoms with E-state index in [1.807, 2.05) is 0 Å². The first-order chi connectivity index (χ1) is 9.83. The van der Waals surface area contributed by atoms with Crippen LogP contribution in [0, 0.1) is 5.92 Å². The van der Waals surface area contributed by atoms with Gasteiger partial charge in [-0.2, -0.15) is 0 Å². The van der Waals surface area contributed by atoms with E-state index >= 15 is 0 Å². The number of piperidine rings is 1. The number of nitrogens with one attached hydrogen (secondary N) is 1. The summed E-state index contributed by atoms with van der Waals surface area (Å²) in [5, 5.41) is 3.38. The Bertz CT molecular complexity index is 377. The van der Waals surface area contributed by atoms with Crippen molar-refractivity contribution in [3.63, 3.8) is 0 Å². The molecule has 1 aliphatic rings. The van der Waals surface area contributed by atoms with Crippen LogP contribution in [0.25, 0.3) is 0 Å². The molecule has 1 N–H and O–H groups in total. The Hall–Kier alpha value is -1.06. The summed E-state index contributed by atoms with van der Waals surface area (Å²) in [6.07, 6.45) is 4.03. The monoisotopic (exact) mass is 276 g/mol. The summed E-state index contributed by atoms with van der Waals surface area (Å²) in [6.45, 7) is 7.33. The number of hydrogen-bond donors (Lipinski definition) is 1. The van der Waals surface area contributed by atoms with Gasteiger partial charge in [-0.1, -0.05) is 25.5 Å². The van der Waals surface area contributed by atoms with E-state index < -0.39 is 0 Å². The van der Waals surface area contributed by atoms with Crippen molar-refractivity contribution in [1.82, 2.24) is 5.32 Å². The number of rotatable bonds is 7. The number of ether oxygens (including phenoxy) is 1. The molecule has 0 radical (unpaired) electrons. The van der Waals surface area contributed by atoms with Crippen molar-refractivity contribution >= 4 is 5.69 Å². The zero-order chi connectivity index (χ0) is 14.2. The lowest BCUT2D eigenvalue weighted by Crippen LogP contribution is -2.35. The van der Waals surface area contributed by atoms with Crippen molar-refractivity contribution in [2.75, 3.05) is 38.3 Å². The van der Waals surface area contributed by atoms with Crippen LogP contribution < -0.4 is 10.2 Å². The molecule has 0 spiro atoms. The molecule has 2 rings (SSSR count). The maximum atomic E-state index is 5.03. The maximum Gasteiger partial charge on any atom is 0.0587 e. The van der Waals surface area contributed by atoms with Gasteiger partial charge in [-0.3, -0.25) is 0 Å². The second-order valence-electron chi connectivity index (χ2n) is 5.70. The molecular formula is C17H28N2O. The van der Waals surface area contributed by atoms with Crippen LogP contribution in [-0.2, 0) is 11.3 Å². The van der Waals surface area contributed by atoms with Gasteiger partial charge in [0.1, 0.15) is 0 Å². The lowest BCUT2D eigenvalue weighted by Gasteiger charge is -2.34. The van der Waals surface area contributed by atoms with Crippen molar-refractivity contribution in [2.45, 2.75) is 32.7 Å². The predicted molar refractivity (Wildman–Crippen MR) is 85.3 cm³/mol. The third-order valence-electron chi connectivity index (χ3n) is 4.21. The number of methoxy groups -OCH3 is 1. The molecular weight excluding hydrogens is 248 g/mol. The van der Waals surface area contributed by atoms with Gasteiger partial charge in [0.25, 0.3) is 0 Å². The fourth-order valence-corrected chi connectivity index (χ4v) is 2.86. The SMILES string of the molecule is CCC1CCCN(c2ccc(CNCCOC)cc2)C1. The molecule has 1 unspecified atom stereocenters. The molecule has 0 amide bonds.